The van der Waals surface area contributed by atoms with Gasteiger partial charge < -0.3 is 20.1 Å². The van der Waals surface area contributed by atoms with Gasteiger partial charge in [-0.1, -0.05) is 0 Å². The number of morpholine rings is 1. The highest BCUT2D eigenvalue weighted by atomic mass is 32.2. The van der Waals surface area contributed by atoms with Gasteiger partial charge in [0.2, 0.25) is 10.0 Å². The molecule has 1 amide bonds. The number of aliphatic hydroxyl groups is 1. The Morgan fingerprint density at radius 1 is 1.23 bits per heavy atom. The Kier molecular flexibility index (Phi) is 6.26. The molecule has 4 bridgehead atoms. The summed E-state index contributed by atoms with van der Waals surface area (Å²) in [6.07, 6.45) is 10.7. The fourth-order valence-corrected chi connectivity index (χ4v) is 7.95. The molecule has 2 unspecified atom stereocenters. The summed E-state index contributed by atoms with van der Waals surface area (Å²) in [5.74, 6) is 1.75. The first kappa shape index (κ1) is 24.7. The number of aromatic nitrogens is 2. The molecule has 0 aromatic carbocycles. The Morgan fingerprint density at radius 2 is 1.89 bits per heavy atom. The van der Waals surface area contributed by atoms with Crippen LogP contribution in [0.4, 0.5) is 5.82 Å². The molecule has 5 fully saturated rings. The summed E-state index contributed by atoms with van der Waals surface area (Å²) in [4.78, 5) is 15.7. The SMILES string of the molecule is CC(C)(C=Cn1ncc(C(=O)NC2C3CC4CC2CC(O)(C4)C3)c1N1CCOCC1)NS(C)(=O)=O. The molecule has 4 aliphatic carbocycles. The van der Waals surface area contributed by atoms with Gasteiger partial charge in [0.05, 0.1) is 31.3 Å². The quantitative estimate of drug-likeness (QED) is 0.506. The molecule has 35 heavy (non-hydrogen) atoms. The van der Waals surface area contributed by atoms with E-state index in [9.17, 15) is 18.3 Å². The summed E-state index contributed by atoms with van der Waals surface area (Å²) < 4.78 is 33.2. The van der Waals surface area contributed by atoms with E-state index in [1.807, 2.05) is 0 Å². The Balaban J connectivity index is 1.39. The first-order chi connectivity index (χ1) is 16.4. The summed E-state index contributed by atoms with van der Waals surface area (Å²) in [6.45, 7) is 5.91. The number of amides is 1. The van der Waals surface area contributed by atoms with Crippen LogP contribution in [0.1, 0.15) is 56.3 Å². The fraction of sp³-hybridized carbons (Fsp3) is 0.750. The maximum Gasteiger partial charge on any atom is 0.256 e. The van der Waals surface area contributed by atoms with Gasteiger partial charge in [0.1, 0.15) is 11.4 Å². The van der Waals surface area contributed by atoms with E-state index in [1.54, 1.807) is 37.0 Å². The number of nitrogens with zero attached hydrogens (tertiary/aromatic N) is 3. The molecule has 6 rings (SSSR count). The number of hydrogen-bond acceptors (Lipinski definition) is 7. The number of sulfonamides is 1. The van der Waals surface area contributed by atoms with Crippen molar-refractivity contribution in [3.8, 4) is 0 Å². The van der Waals surface area contributed by atoms with Crippen LogP contribution in [0.2, 0.25) is 0 Å². The summed E-state index contributed by atoms with van der Waals surface area (Å²) in [5.41, 5.74) is -0.873. The standard InChI is InChI=1S/C24H37N5O5S/c1-23(2,27-35(3,32)33)4-5-29-22(28-6-8-34-9-7-28)19(15-25-29)21(30)26-20-17-10-16-11-18(20)14-24(31,12-16)13-17/h4-5,15-18,20,27,31H,6-14H2,1-3H3,(H,26,30). The van der Waals surface area contributed by atoms with Crippen molar-refractivity contribution in [3.05, 3.63) is 17.8 Å². The molecule has 11 heteroatoms. The van der Waals surface area contributed by atoms with Crippen molar-refractivity contribution >= 4 is 27.9 Å². The maximum atomic E-state index is 13.6. The zero-order valence-corrected chi connectivity index (χ0v) is 21.6. The van der Waals surface area contributed by atoms with Gasteiger partial charge in [-0.25, -0.2) is 17.8 Å². The lowest BCUT2D eigenvalue weighted by atomic mass is 9.52. The smallest absolute Gasteiger partial charge is 0.256 e. The van der Waals surface area contributed by atoms with Crippen LogP contribution in [0, 0.1) is 17.8 Å². The molecule has 194 valence electrons. The van der Waals surface area contributed by atoms with Crippen molar-refractivity contribution in [1.82, 2.24) is 19.8 Å². The van der Waals surface area contributed by atoms with Crippen LogP contribution in [0.25, 0.3) is 6.20 Å². The molecule has 1 aromatic heterocycles. The van der Waals surface area contributed by atoms with E-state index in [-0.39, 0.29) is 11.9 Å². The third kappa shape index (κ3) is 5.28. The van der Waals surface area contributed by atoms with Gasteiger partial charge in [-0.15, -0.1) is 0 Å². The lowest BCUT2D eigenvalue weighted by molar-refractivity contribution is -0.136. The van der Waals surface area contributed by atoms with E-state index in [1.165, 1.54) is 0 Å². The second-order valence-electron chi connectivity index (χ2n) is 11.5. The Morgan fingerprint density at radius 3 is 2.49 bits per heavy atom. The second kappa shape index (κ2) is 8.86. The first-order valence-corrected chi connectivity index (χ1v) is 14.4. The Hall–Kier alpha value is -1.95. The van der Waals surface area contributed by atoms with E-state index in [0.717, 1.165) is 38.4 Å². The van der Waals surface area contributed by atoms with Gasteiger partial charge in [0, 0.05) is 30.9 Å². The molecule has 5 aliphatic rings. The molecule has 2 heterocycles. The maximum absolute atomic E-state index is 13.6. The van der Waals surface area contributed by atoms with Crippen molar-refractivity contribution in [2.24, 2.45) is 17.8 Å². The highest BCUT2D eigenvalue weighted by molar-refractivity contribution is 7.88. The molecule has 0 radical (unpaired) electrons. The van der Waals surface area contributed by atoms with Crippen LogP contribution in [0.5, 0.6) is 0 Å². The van der Waals surface area contributed by atoms with E-state index in [0.29, 0.717) is 55.4 Å². The van der Waals surface area contributed by atoms with E-state index < -0.39 is 21.2 Å². The first-order valence-electron chi connectivity index (χ1n) is 12.5. The van der Waals surface area contributed by atoms with Crippen molar-refractivity contribution in [3.63, 3.8) is 0 Å². The minimum Gasteiger partial charge on any atom is -0.390 e. The zero-order valence-electron chi connectivity index (χ0n) is 20.7. The van der Waals surface area contributed by atoms with E-state index in [4.69, 9.17) is 4.74 Å². The summed E-state index contributed by atoms with van der Waals surface area (Å²) >= 11 is 0. The molecular formula is C24H37N5O5S. The van der Waals surface area contributed by atoms with Crippen molar-refractivity contribution in [1.29, 1.82) is 0 Å². The topological polar surface area (TPSA) is 126 Å². The summed E-state index contributed by atoms with van der Waals surface area (Å²) in [5, 5.41) is 18.7. The van der Waals surface area contributed by atoms with Gasteiger partial charge >= 0.3 is 0 Å². The molecule has 4 saturated carbocycles. The monoisotopic (exact) mass is 507 g/mol. The van der Waals surface area contributed by atoms with Crippen molar-refractivity contribution in [2.45, 2.75) is 63.1 Å². The lowest BCUT2D eigenvalue weighted by Gasteiger charge is -2.58. The number of hydrogen-bond donors (Lipinski definition) is 3. The van der Waals surface area contributed by atoms with Gasteiger partial charge in [-0.05, 0) is 69.8 Å². The minimum atomic E-state index is -3.39. The van der Waals surface area contributed by atoms with E-state index >= 15 is 0 Å². The molecule has 1 saturated heterocycles. The molecule has 1 aromatic rings. The third-order valence-corrected chi connectivity index (χ3v) is 8.84. The molecule has 2 atom stereocenters. The third-order valence-electron chi connectivity index (χ3n) is 7.94. The van der Waals surface area contributed by atoms with Crippen LogP contribution >= 0.6 is 0 Å². The summed E-state index contributed by atoms with van der Waals surface area (Å²) in [7, 11) is -3.39. The predicted octanol–water partition coefficient (Wildman–Crippen LogP) is 1.19. The van der Waals surface area contributed by atoms with Crippen LogP contribution in [0.15, 0.2) is 12.3 Å². The minimum absolute atomic E-state index is 0.0775. The van der Waals surface area contributed by atoms with Gasteiger partial charge in [0.15, 0.2) is 0 Å². The van der Waals surface area contributed by atoms with Crippen LogP contribution < -0.4 is 14.9 Å². The van der Waals surface area contributed by atoms with E-state index in [2.05, 4.69) is 20.0 Å². The van der Waals surface area contributed by atoms with Crippen molar-refractivity contribution < 1.29 is 23.1 Å². The summed E-state index contributed by atoms with van der Waals surface area (Å²) in [6, 6.07) is 0.0775. The van der Waals surface area contributed by atoms with Crippen molar-refractivity contribution in [2.75, 3.05) is 37.5 Å². The predicted molar refractivity (Wildman–Crippen MR) is 132 cm³/mol. The molecule has 0 spiro atoms. The normalized spacial score (nSPS) is 33.0. The highest BCUT2D eigenvalue weighted by Crippen LogP contribution is 2.55. The fourth-order valence-electron chi connectivity index (χ4n) is 6.93. The molecule has 3 N–H and O–H groups in total. The Bertz CT molecular complexity index is 1090. The second-order valence-corrected chi connectivity index (χ2v) is 13.3. The van der Waals surface area contributed by atoms with Gasteiger partial charge in [-0.2, -0.15) is 5.10 Å². The highest BCUT2D eigenvalue weighted by Gasteiger charge is 2.55. The number of rotatable bonds is 7. The molecular weight excluding hydrogens is 470 g/mol. The average molecular weight is 508 g/mol. The van der Waals surface area contributed by atoms with Crippen LogP contribution in [-0.4, -0.2) is 79.0 Å². The zero-order chi connectivity index (χ0) is 25.0. The van der Waals surface area contributed by atoms with Gasteiger partial charge in [-0.3, -0.25) is 4.79 Å². The molecule has 1 aliphatic heterocycles. The number of nitrogens with one attached hydrogen (secondary N) is 2. The van der Waals surface area contributed by atoms with Crippen LogP contribution in [0.3, 0.4) is 0 Å². The Labute approximate surface area is 207 Å². The number of anilines is 1. The lowest BCUT2D eigenvalue weighted by Crippen LogP contribution is -2.61. The van der Waals surface area contributed by atoms with Gasteiger partial charge in [0.25, 0.3) is 5.91 Å². The number of ether oxygens (including phenoxy) is 1. The largest absolute Gasteiger partial charge is 0.390 e. The number of carbonyl (C=O) groups is 1. The molecule has 10 nitrogen and oxygen atoms in total. The average Bonchev–Trinajstić information content (AvgIpc) is 3.17. The number of carbonyl (C=O) groups excluding carboxylic acids is 1. The van der Waals surface area contributed by atoms with Crippen LogP contribution in [-0.2, 0) is 14.8 Å².